The molecule has 3 rings (SSSR count). The summed E-state index contributed by atoms with van der Waals surface area (Å²) in [5, 5.41) is 22.7. The highest BCUT2D eigenvalue weighted by Crippen LogP contribution is 2.64. The van der Waals surface area contributed by atoms with Crippen LogP contribution >= 0.6 is 7.60 Å². The van der Waals surface area contributed by atoms with Crippen molar-refractivity contribution < 1.29 is 23.1 Å². The number of aryl methyl sites for hydroxylation is 1. The predicted molar refractivity (Wildman–Crippen MR) is 117 cm³/mol. The van der Waals surface area contributed by atoms with E-state index in [0.29, 0.717) is 5.56 Å². The van der Waals surface area contributed by atoms with Gasteiger partial charge in [0, 0.05) is 10.9 Å². The molecule has 10 nitrogen and oxygen atoms in total. The minimum absolute atomic E-state index is 0.0589. The second-order valence-electron chi connectivity index (χ2n) is 6.94. The van der Waals surface area contributed by atoms with Crippen LogP contribution in [0.4, 0.5) is 0 Å². The van der Waals surface area contributed by atoms with E-state index in [1.807, 2.05) is 31.2 Å². The highest BCUT2D eigenvalue weighted by atomic mass is 31.2. The van der Waals surface area contributed by atoms with Crippen LogP contribution < -0.4 is 0 Å². The van der Waals surface area contributed by atoms with Crippen LogP contribution in [0.5, 0.6) is 0 Å². The SMILES string of the molecule is CCOC(=O)C(C#N)C(c1cc2ccc(CC)cc2n2nnnc12)P(=O)(OCC)OCC. The molecule has 2 aromatic heterocycles. The predicted octanol–water partition coefficient (Wildman–Crippen LogP) is 3.85. The van der Waals surface area contributed by atoms with E-state index >= 15 is 0 Å². The van der Waals surface area contributed by atoms with Gasteiger partial charge >= 0.3 is 13.6 Å². The lowest BCUT2D eigenvalue weighted by Crippen LogP contribution is -2.25. The van der Waals surface area contributed by atoms with Crippen LogP contribution in [0, 0.1) is 17.2 Å². The number of hydrogen-bond acceptors (Lipinski definition) is 9. The molecular weight excluding hydrogens is 433 g/mol. The summed E-state index contributed by atoms with van der Waals surface area (Å²) in [5.41, 5.74) is 1.14. The van der Waals surface area contributed by atoms with Crippen molar-refractivity contribution in [3.8, 4) is 6.07 Å². The first kappa shape index (κ1) is 23.8. The van der Waals surface area contributed by atoms with Crippen LogP contribution in [0.1, 0.15) is 44.5 Å². The molecule has 11 heteroatoms. The number of benzene rings is 1. The van der Waals surface area contributed by atoms with Gasteiger partial charge in [0.1, 0.15) is 5.66 Å². The van der Waals surface area contributed by atoms with Gasteiger partial charge in [-0.3, -0.25) is 9.36 Å². The zero-order valence-electron chi connectivity index (χ0n) is 18.5. The van der Waals surface area contributed by atoms with Gasteiger partial charge in [0.15, 0.2) is 11.6 Å². The van der Waals surface area contributed by atoms with E-state index in [1.165, 1.54) is 4.52 Å². The second-order valence-corrected chi connectivity index (χ2v) is 9.09. The van der Waals surface area contributed by atoms with E-state index in [-0.39, 0.29) is 25.5 Å². The van der Waals surface area contributed by atoms with Gasteiger partial charge in [0.25, 0.3) is 0 Å². The average molecular weight is 459 g/mol. The number of tetrazole rings is 1. The zero-order chi connectivity index (χ0) is 23.3. The topological polar surface area (TPSA) is 129 Å². The van der Waals surface area contributed by atoms with Crippen LogP contribution in [0.2, 0.25) is 0 Å². The fourth-order valence-electron chi connectivity index (χ4n) is 3.67. The van der Waals surface area contributed by atoms with Crippen molar-refractivity contribution >= 4 is 30.1 Å². The third-order valence-corrected chi connectivity index (χ3v) is 7.54. The maximum absolute atomic E-state index is 13.9. The minimum Gasteiger partial charge on any atom is -0.465 e. The molecule has 0 aliphatic carbocycles. The Morgan fingerprint density at radius 1 is 1.16 bits per heavy atom. The molecule has 0 amide bonds. The smallest absolute Gasteiger partial charge is 0.340 e. The molecule has 2 atom stereocenters. The molecule has 0 bridgehead atoms. The standard InChI is InChI=1S/C21H26N5O5P/c1-5-14-9-10-15-12-16(20-23-24-25-26(20)18(15)11-14)19(17(13-22)21(27)29-6-2)32(28,30-7-3)31-8-4/h9-12,17,19H,5-8H2,1-4H3. The largest absolute Gasteiger partial charge is 0.465 e. The van der Waals surface area contributed by atoms with Crippen molar-refractivity contribution in [3.63, 3.8) is 0 Å². The lowest BCUT2D eigenvalue weighted by atomic mass is 9.98. The Kier molecular flexibility index (Phi) is 7.56. The fourth-order valence-corrected chi connectivity index (χ4v) is 5.87. The molecule has 0 aliphatic rings. The van der Waals surface area contributed by atoms with Crippen LogP contribution in [0.15, 0.2) is 24.3 Å². The Bertz CT molecular complexity index is 1190. The monoisotopic (exact) mass is 459 g/mol. The molecule has 0 aliphatic heterocycles. The van der Waals surface area contributed by atoms with E-state index < -0.39 is 25.1 Å². The molecule has 0 spiro atoms. The van der Waals surface area contributed by atoms with Gasteiger partial charge < -0.3 is 13.8 Å². The number of rotatable bonds is 10. The van der Waals surface area contributed by atoms with Gasteiger partial charge in [0.2, 0.25) is 0 Å². The van der Waals surface area contributed by atoms with Crippen molar-refractivity contribution in [2.75, 3.05) is 19.8 Å². The molecule has 3 aromatic rings. The minimum atomic E-state index is -4.01. The van der Waals surface area contributed by atoms with Crippen LogP contribution in [-0.4, -0.2) is 45.8 Å². The van der Waals surface area contributed by atoms with Crippen LogP contribution in [-0.2, 0) is 29.6 Å². The number of hydrogen-bond donors (Lipinski definition) is 0. The number of carbonyl (C=O) groups is 1. The maximum atomic E-state index is 13.9. The summed E-state index contributed by atoms with van der Waals surface area (Å²) in [7, 11) is -4.01. The van der Waals surface area contributed by atoms with E-state index in [9.17, 15) is 14.6 Å². The number of aromatic nitrogens is 4. The number of pyridine rings is 1. The lowest BCUT2D eigenvalue weighted by Gasteiger charge is -2.29. The van der Waals surface area contributed by atoms with Gasteiger partial charge in [0.05, 0.1) is 31.4 Å². The molecule has 32 heavy (non-hydrogen) atoms. The van der Waals surface area contributed by atoms with Crippen molar-refractivity contribution in [2.24, 2.45) is 5.92 Å². The first-order chi connectivity index (χ1) is 15.4. The summed E-state index contributed by atoms with van der Waals surface area (Å²) in [6.45, 7) is 7.18. The summed E-state index contributed by atoms with van der Waals surface area (Å²) in [5.74, 6) is -2.27. The number of carbonyl (C=O) groups excluding carboxylic acids is 1. The van der Waals surface area contributed by atoms with Crippen molar-refractivity contribution in [2.45, 2.75) is 39.8 Å². The molecule has 0 N–H and O–H groups in total. The van der Waals surface area contributed by atoms with Gasteiger partial charge in [-0.05, 0) is 55.3 Å². The van der Waals surface area contributed by atoms with Crippen molar-refractivity contribution in [1.29, 1.82) is 5.26 Å². The van der Waals surface area contributed by atoms with Crippen LogP contribution in [0.3, 0.4) is 0 Å². The third-order valence-electron chi connectivity index (χ3n) is 5.04. The van der Waals surface area contributed by atoms with Crippen LogP contribution in [0.25, 0.3) is 16.6 Å². The number of fused-ring (bicyclic) bond motifs is 3. The Labute approximate surface area is 186 Å². The molecule has 0 saturated carbocycles. The lowest BCUT2D eigenvalue weighted by molar-refractivity contribution is -0.146. The van der Waals surface area contributed by atoms with Gasteiger partial charge in [-0.1, -0.05) is 19.1 Å². The van der Waals surface area contributed by atoms with Gasteiger partial charge in [-0.2, -0.15) is 9.78 Å². The van der Waals surface area contributed by atoms with E-state index in [1.54, 1.807) is 26.8 Å². The molecule has 0 radical (unpaired) electrons. The Hall–Kier alpha value is -2.86. The van der Waals surface area contributed by atoms with E-state index in [4.69, 9.17) is 13.8 Å². The second kappa shape index (κ2) is 10.2. The summed E-state index contributed by atoms with van der Waals surface area (Å²) in [6, 6.07) is 9.51. The zero-order valence-corrected chi connectivity index (χ0v) is 19.4. The summed E-state index contributed by atoms with van der Waals surface area (Å²) >= 11 is 0. The molecule has 1 aromatic carbocycles. The molecule has 0 fully saturated rings. The van der Waals surface area contributed by atoms with Crippen molar-refractivity contribution in [3.05, 3.63) is 35.4 Å². The molecular formula is C21H26N5O5P. The quantitative estimate of drug-likeness (QED) is 0.328. The summed E-state index contributed by atoms with van der Waals surface area (Å²) in [4.78, 5) is 12.7. The first-order valence-corrected chi connectivity index (χ1v) is 12.1. The third kappa shape index (κ3) is 4.37. The van der Waals surface area contributed by atoms with Crippen molar-refractivity contribution in [1.82, 2.24) is 20.0 Å². The number of esters is 1. The summed E-state index contributed by atoms with van der Waals surface area (Å²) in [6.07, 6.45) is 0.827. The Morgan fingerprint density at radius 2 is 1.88 bits per heavy atom. The van der Waals surface area contributed by atoms with Gasteiger partial charge in [-0.15, -0.1) is 5.10 Å². The van der Waals surface area contributed by atoms with E-state index in [0.717, 1.165) is 22.9 Å². The molecule has 0 saturated heterocycles. The van der Waals surface area contributed by atoms with E-state index in [2.05, 4.69) is 15.5 Å². The summed E-state index contributed by atoms with van der Waals surface area (Å²) < 4.78 is 31.7. The average Bonchev–Trinajstić information content (AvgIpc) is 3.27. The normalized spacial score (nSPS) is 13.7. The Balaban J connectivity index is 2.35. The molecule has 170 valence electrons. The first-order valence-electron chi connectivity index (χ1n) is 10.5. The van der Waals surface area contributed by atoms with Gasteiger partial charge in [-0.25, -0.2) is 0 Å². The Morgan fingerprint density at radius 3 is 2.47 bits per heavy atom. The highest BCUT2D eigenvalue weighted by Gasteiger charge is 2.48. The highest BCUT2D eigenvalue weighted by molar-refractivity contribution is 7.54. The number of nitrogens with zero attached hydrogens (tertiary/aromatic N) is 5. The maximum Gasteiger partial charge on any atom is 0.340 e. The number of ether oxygens (including phenoxy) is 1. The molecule has 2 unspecified atom stereocenters. The number of nitriles is 1. The molecule has 2 heterocycles. The fraction of sp³-hybridized carbons (Fsp3) is 0.476.